The Morgan fingerprint density at radius 2 is 1.40 bits per heavy atom. The van der Waals surface area contributed by atoms with E-state index in [1.54, 1.807) is 0 Å². The van der Waals surface area contributed by atoms with E-state index < -0.39 is 41.9 Å². The molecule has 0 radical (unpaired) electrons. The molecule has 0 amide bonds. The highest BCUT2D eigenvalue weighted by atomic mass is 19.4. The molecular formula is C11H15F7O2. The van der Waals surface area contributed by atoms with Gasteiger partial charge in [-0.15, -0.1) is 0 Å². The van der Waals surface area contributed by atoms with Crippen LogP contribution in [0.15, 0.2) is 0 Å². The van der Waals surface area contributed by atoms with Gasteiger partial charge < -0.3 is 4.74 Å². The lowest BCUT2D eigenvalue weighted by molar-refractivity contribution is -0.364. The van der Waals surface area contributed by atoms with Crippen LogP contribution in [0, 0.1) is 5.92 Å². The van der Waals surface area contributed by atoms with Gasteiger partial charge in [0.05, 0.1) is 6.42 Å². The molecule has 0 aromatic heterocycles. The third-order valence-electron chi connectivity index (χ3n) is 2.29. The van der Waals surface area contributed by atoms with Gasteiger partial charge in [0, 0.05) is 5.92 Å². The summed E-state index contributed by atoms with van der Waals surface area (Å²) in [4.78, 5) is 11.2. The van der Waals surface area contributed by atoms with Crippen LogP contribution in [0.3, 0.4) is 0 Å². The quantitative estimate of drug-likeness (QED) is 0.575. The largest absolute Gasteiger partial charge is 0.460 e. The minimum Gasteiger partial charge on any atom is -0.460 e. The van der Waals surface area contributed by atoms with Crippen molar-refractivity contribution in [2.75, 3.05) is 0 Å². The number of halogens is 7. The lowest BCUT2D eigenvalue weighted by atomic mass is 9.94. The van der Waals surface area contributed by atoms with Crippen molar-refractivity contribution in [2.45, 2.75) is 57.7 Å². The lowest BCUT2D eigenvalue weighted by Gasteiger charge is -2.32. The molecule has 0 fully saturated rings. The van der Waals surface area contributed by atoms with Crippen molar-refractivity contribution in [1.29, 1.82) is 0 Å². The molecule has 0 aliphatic rings. The first-order valence-electron chi connectivity index (χ1n) is 5.56. The fourth-order valence-electron chi connectivity index (χ4n) is 1.26. The molecule has 0 saturated carbocycles. The minimum absolute atomic E-state index is 0.434. The molecule has 1 unspecified atom stereocenters. The Kier molecular flexibility index (Phi) is 5.13. The Hall–Kier alpha value is -1.02. The highest BCUT2D eigenvalue weighted by molar-refractivity contribution is 5.70. The Morgan fingerprint density at radius 3 is 1.70 bits per heavy atom. The summed E-state index contributed by atoms with van der Waals surface area (Å²) in [7, 11) is 0. The zero-order valence-corrected chi connectivity index (χ0v) is 11.2. The molecule has 20 heavy (non-hydrogen) atoms. The molecule has 0 saturated heterocycles. The Bertz CT molecular complexity index is 355. The van der Waals surface area contributed by atoms with Crippen LogP contribution < -0.4 is 0 Å². The number of carbonyl (C=O) groups excluding carboxylic acids is 1. The fraction of sp³-hybridized carbons (Fsp3) is 0.909. The van der Waals surface area contributed by atoms with Crippen molar-refractivity contribution in [1.82, 2.24) is 0 Å². The number of ether oxygens (including phenoxy) is 1. The summed E-state index contributed by atoms with van der Waals surface area (Å²) in [6, 6.07) is 0. The van der Waals surface area contributed by atoms with Gasteiger partial charge in [-0.3, -0.25) is 4.79 Å². The van der Waals surface area contributed by atoms with Gasteiger partial charge in [0.15, 0.2) is 0 Å². The van der Waals surface area contributed by atoms with Gasteiger partial charge in [0.25, 0.3) is 0 Å². The summed E-state index contributed by atoms with van der Waals surface area (Å²) < 4.78 is 92.3. The molecule has 120 valence electrons. The van der Waals surface area contributed by atoms with Gasteiger partial charge in [-0.25, -0.2) is 0 Å². The monoisotopic (exact) mass is 312 g/mol. The molecule has 0 aromatic carbocycles. The van der Waals surface area contributed by atoms with E-state index in [9.17, 15) is 35.5 Å². The van der Waals surface area contributed by atoms with E-state index in [-0.39, 0.29) is 0 Å². The van der Waals surface area contributed by atoms with Gasteiger partial charge in [-0.05, 0) is 20.8 Å². The zero-order chi connectivity index (χ0) is 16.6. The lowest BCUT2D eigenvalue weighted by Crippen LogP contribution is -2.55. The number of hydrogen-bond acceptors (Lipinski definition) is 2. The van der Waals surface area contributed by atoms with Crippen molar-refractivity contribution in [3.05, 3.63) is 0 Å². The molecule has 2 nitrogen and oxygen atoms in total. The first kappa shape index (κ1) is 19.0. The molecule has 0 heterocycles. The smallest absolute Gasteiger partial charge is 0.459 e. The van der Waals surface area contributed by atoms with Crippen LogP contribution in [0.5, 0.6) is 0 Å². The molecule has 9 heteroatoms. The molecule has 0 bridgehead atoms. The van der Waals surface area contributed by atoms with Gasteiger partial charge in [0.2, 0.25) is 0 Å². The molecule has 0 aromatic rings. The van der Waals surface area contributed by atoms with Crippen LogP contribution >= 0.6 is 0 Å². The summed E-state index contributed by atoms with van der Waals surface area (Å²) in [5.74, 6) is -15.4. The maximum absolute atomic E-state index is 13.2. The average molecular weight is 312 g/mol. The van der Waals surface area contributed by atoms with E-state index in [1.165, 1.54) is 20.8 Å². The standard InChI is InChI=1S/C11H15F7O2/c1-6(5-7(19)20-8(2,3)4)9(12,13)10(14,15)11(16,17)18/h6H,5H2,1-4H3. The second-order valence-corrected chi connectivity index (χ2v) is 5.39. The first-order valence-corrected chi connectivity index (χ1v) is 5.56. The summed E-state index contributed by atoms with van der Waals surface area (Å²) in [6.07, 6.45) is -7.66. The normalized spacial score (nSPS) is 15.9. The fourth-order valence-corrected chi connectivity index (χ4v) is 1.26. The summed E-state index contributed by atoms with van der Waals surface area (Å²) in [6.45, 7) is 4.64. The van der Waals surface area contributed by atoms with Crippen LogP contribution in [0.25, 0.3) is 0 Å². The molecular weight excluding hydrogens is 297 g/mol. The highest BCUT2D eigenvalue weighted by Gasteiger charge is 2.74. The third kappa shape index (κ3) is 4.24. The van der Waals surface area contributed by atoms with Gasteiger partial charge in [-0.2, -0.15) is 30.7 Å². The molecule has 0 aliphatic heterocycles. The summed E-state index contributed by atoms with van der Waals surface area (Å²) in [5.41, 5.74) is -1.06. The Labute approximate surface area is 111 Å². The van der Waals surface area contributed by atoms with Crippen LogP contribution in [-0.2, 0) is 9.53 Å². The Balaban J connectivity index is 5.01. The van der Waals surface area contributed by atoms with Gasteiger partial charge >= 0.3 is 24.0 Å². The van der Waals surface area contributed by atoms with Crippen molar-refractivity contribution < 1.29 is 40.3 Å². The van der Waals surface area contributed by atoms with Crippen molar-refractivity contribution in [3.8, 4) is 0 Å². The van der Waals surface area contributed by atoms with Crippen molar-refractivity contribution >= 4 is 5.97 Å². The SMILES string of the molecule is CC(CC(=O)OC(C)(C)C)C(F)(F)C(F)(F)C(F)(F)F. The van der Waals surface area contributed by atoms with E-state index in [0.717, 1.165) is 0 Å². The second kappa shape index (κ2) is 5.40. The second-order valence-electron chi connectivity index (χ2n) is 5.39. The van der Waals surface area contributed by atoms with E-state index in [2.05, 4.69) is 4.74 Å². The first-order chi connectivity index (χ1) is 8.52. The molecule has 0 N–H and O–H groups in total. The number of esters is 1. The topological polar surface area (TPSA) is 26.3 Å². The number of hydrogen-bond donors (Lipinski definition) is 0. The molecule has 0 spiro atoms. The summed E-state index contributed by atoms with van der Waals surface area (Å²) >= 11 is 0. The molecule has 1 atom stereocenters. The number of alkyl halides is 7. The predicted molar refractivity (Wildman–Crippen MR) is 55.6 cm³/mol. The van der Waals surface area contributed by atoms with Crippen LogP contribution in [-0.4, -0.2) is 29.6 Å². The maximum atomic E-state index is 13.2. The highest BCUT2D eigenvalue weighted by Crippen LogP contribution is 2.50. The van der Waals surface area contributed by atoms with Gasteiger partial charge in [-0.1, -0.05) is 6.92 Å². The van der Waals surface area contributed by atoms with E-state index in [0.29, 0.717) is 6.92 Å². The predicted octanol–water partition coefficient (Wildman–Crippen LogP) is 4.19. The minimum atomic E-state index is -6.40. The third-order valence-corrected chi connectivity index (χ3v) is 2.29. The van der Waals surface area contributed by atoms with Gasteiger partial charge in [0.1, 0.15) is 5.60 Å². The summed E-state index contributed by atoms with van der Waals surface area (Å²) in [5, 5.41) is 0. The van der Waals surface area contributed by atoms with Crippen LogP contribution in [0.2, 0.25) is 0 Å². The van der Waals surface area contributed by atoms with Crippen LogP contribution in [0.4, 0.5) is 30.7 Å². The average Bonchev–Trinajstić information content (AvgIpc) is 2.11. The molecule has 0 aliphatic carbocycles. The van der Waals surface area contributed by atoms with E-state index in [4.69, 9.17) is 0 Å². The van der Waals surface area contributed by atoms with E-state index >= 15 is 0 Å². The van der Waals surface area contributed by atoms with Crippen molar-refractivity contribution in [3.63, 3.8) is 0 Å². The molecule has 0 rings (SSSR count). The van der Waals surface area contributed by atoms with Crippen molar-refractivity contribution in [2.24, 2.45) is 5.92 Å². The number of carbonyl (C=O) groups is 1. The zero-order valence-electron chi connectivity index (χ0n) is 11.2. The van der Waals surface area contributed by atoms with E-state index in [1.807, 2.05) is 0 Å². The maximum Gasteiger partial charge on any atom is 0.459 e. The Morgan fingerprint density at radius 1 is 1.00 bits per heavy atom. The van der Waals surface area contributed by atoms with Crippen LogP contribution in [0.1, 0.15) is 34.1 Å². The number of rotatable bonds is 4.